The average Bonchev–Trinajstić information content (AvgIpc) is 3.20. The highest BCUT2D eigenvalue weighted by Crippen LogP contribution is 2.30. The van der Waals surface area contributed by atoms with Crippen LogP contribution in [0, 0.1) is 27.7 Å². The van der Waals surface area contributed by atoms with Crippen molar-refractivity contribution in [2.75, 3.05) is 38.2 Å². The molecule has 7 heteroatoms. The Balaban J connectivity index is 1.35. The lowest BCUT2D eigenvalue weighted by Crippen LogP contribution is -2.48. The van der Waals surface area contributed by atoms with E-state index < -0.39 is 0 Å². The van der Waals surface area contributed by atoms with Crippen LogP contribution in [0.25, 0.3) is 6.08 Å². The first-order valence-electron chi connectivity index (χ1n) is 11.9. The van der Waals surface area contributed by atoms with E-state index in [-0.39, 0.29) is 5.91 Å². The maximum absolute atomic E-state index is 12.8. The summed E-state index contributed by atoms with van der Waals surface area (Å²) in [5, 5.41) is 3.96. The van der Waals surface area contributed by atoms with Crippen molar-refractivity contribution in [1.82, 2.24) is 10.1 Å². The molecule has 0 N–H and O–H groups in total. The monoisotopic (exact) mass is 475 g/mol. The second-order valence-corrected chi connectivity index (χ2v) is 8.87. The molecule has 184 valence electrons. The molecule has 7 nitrogen and oxygen atoms in total. The molecule has 1 amide bonds. The molecular weight excluding hydrogens is 442 g/mol. The quantitative estimate of drug-likeness (QED) is 0.455. The molecule has 0 saturated carbocycles. The summed E-state index contributed by atoms with van der Waals surface area (Å²) >= 11 is 0. The van der Waals surface area contributed by atoms with Gasteiger partial charge in [0, 0.05) is 37.9 Å². The van der Waals surface area contributed by atoms with Gasteiger partial charge >= 0.3 is 0 Å². The molecular formula is C28H33N3O4. The van der Waals surface area contributed by atoms with E-state index >= 15 is 0 Å². The standard InChI is InChI=1S/C28H33N3O4/c1-19-7-6-8-25(20(19)2)30-13-15-31(16-14-30)28(32)12-10-23-9-11-26(27(17-23)33-5)34-18-24-21(3)29-35-22(24)4/h6-12,17H,13-16,18H2,1-5H3. The van der Waals surface area contributed by atoms with Gasteiger partial charge in [-0.15, -0.1) is 0 Å². The number of nitrogens with zero attached hydrogens (tertiary/aromatic N) is 3. The van der Waals surface area contributed by atoms with Gasteiger partial charge in [-0.2, -0.15) is 0 Å². The fraction of sp³-hybridized carbons (Fsp3) is 0.357. The Morgan fingerprint density at radius 3 is 2.51 bits per heavy atom. The van der Waals surface area contributed by atoms with Gasteiger partial charge in [0.2, 0.25) is 5.91 Å². The van der Waals surface area contributed by atoms with E-state index in [1.807, 2.05) is 43.0 Å². The molecule has 2 heterocycles. The van der Waals surface area contributed by atoms with Crippen LogP contribution in [-0.4, -0.2) is 49.3 Å². The number of aromatic nitrogens is 1. The van der Waals surface area contributed by atoms with Gasteiger partial charge in [0.25, 0.3) is 0 Å². The summed E-state index contributed by atoms with van der Waals surface area (Å²) in [6.07, 6.45) is 3.45. The molecule has 1 aliphatic rings. The fourth-order valence-corrected chi connectivity index (χ4v) is 4.28. The van der Waals surface area contributed by atoms with Crippen LogP contribution >= 0.6 is 0 Å². The topological polar surface area (TPSA) is 68.0 Å². The Labute approximate surface area is 206 Å². The molecule has 3 aromatic rings. The van der Waals surface area contributed by atoms with Crippen molar-refractivity contribution in [2.45, 2.75) is 34.3 Å². The van der Waals surface area contributed by atoms with E-state index in [2.05, 4.69) is 42.1 Å². The lowest BCUT2D eigenvalue weighted by Gasteiger charge is -2.36. The Morgan fingerprint density at radius 1 is 1.06 bits per heavy atom. The van der Waals surface area contributed by atoms with E-state index in [9.17, 15) is 4.79 Å². The van der Waals surface area contributed by atoms with Gasteiger partial charge in [0.1, 0.15) is 12.4 Å². The van der Waals surface area contributed by atoms with Gasteiger partial charge in [-0.1, -0.05) is 23.4 Å². The molecule has 35 heavy (non-hydrogen) atoms. The van der Waals surface area contributed by atoms with Crippen LogP contribution in [0.15, 0.2) is 47.0 Å². The summed E-state index contributed by atoms with van der Waals surface area (Å²) in [5.74, 6) is 1.99. The zero-order valence-corrected chi connectivity index (χ0v) is 21.1. The SMILES string of the molecule is COc1cc(C=CC(=O)N2CCN(c3cccc(C)c3C)CC2)ccc1OCc1c(C)noc1C. The van der Waals surface area contributed by atoms with Crippen LogP contribution in [0.2, 0.25) is 0 Å². The minimum Gasteiger partial charge on any atom is -0.493 e. The molecule has 0 aliphatic carbocycles. The zero-order valence-electron chi connectivity index (χ0n) is 21.1. The molecule has 0 bridgehead atoms. The van der Waals surface area contributed by atoms with E-state index in [0.717, 1.165) is 35.7 Å². The lowest BCUT2D eigenvalue weighted by molar-refractivity contribution is -0.126. The van der Waals surface area contributed by atoms with Crippen molar-refractivity contribution in [3.8, 4) is 11.5 Å². The fourth-order valence-electron chi connectivity index (χ4n) is 4.28. The van der Waals surface area contributed by atoms with Gasteiger partial charge in [0.15, 0.2) is 11.5 Å². The molecule has 0 spiro atoms. The number of rotatable bonds is 7. The molecule has 0 atom stereocenters. The van der Waals surface area contributed by atoms with E-state index in [0.29, 0.717) is 31.2 Å². The molecule has 1 aliphatic heterocycles. The Morgan fingerprint density at radius 2 is 1.83 bits per heavy atom. The van der Waals surface area contributed by atoms with Gasteiger partial charge in [-0.05, 0) is 68.7 Å². The summed E-state index contributed by atoms with van der Waals surface area (Å²) in [5.41, 5.74) is 6.47. The average molecular weight is 476 g/mol. The number of carbonyl (C=O) groups is 1. The molecule has 0 unspecified atom stereocenters. The predicted molar refractivity (Wildman–Crippen MR) is 137 cm³/mol. The van der Waals surface area contributed by atoms with Crippen LogP contribution in [0.3, 0.4) is 0 Å². The summed E-state index contributed by atoms with van der Waals surface area (Å²) < 4.78 is 16.6. The second-order valence-electron chi connectivity index (χ2n) is 8.87. The van der Waals surface area contributed by atoms with E-state index in [1.165, 1.54) is 16.8 Å². The highest BCUT2D eigenvalue weighted by molar-refractivity contribution is 5.92. The zero-order chi connectivity index (χ0) is 24.9. The number of hydrogen-bond acceptors (Lipinski definition) is 6. The minimum atomic E-state index is 0.0170. The van der Waals surface area contributed by atoms with Crippen LogP contribution < -0.4 is 14.4 Å². The van der Waals surface area contributed by atoms with Gasteiger partial charge in [0.05, 0.1) is 18.4 Å². The minimum absolute atomic E-state index is 0.0170. The molecule has 1 saturated heterocycles. The summed E-state index contributed by atoms with van der Waals surface area (Å²) in [7, 11) is 1.60. The van der Waals surface area contributed by atoms with Crippen molar-refractivity contribution in [1.29, 1.82) is 0 Å². The van der Waals surface area contributed by atoms with Gasteiger partial charge < -0.3 is 23.8 Å². The maximum Gasteiger partial charge on any atom is 0.246 e. The smallest absolute Gasteiger partial charge is 0.246 e. The van der Waals surface area contributed by atoms with Crippen molar-refractivity contribution >= 4 is 17.7 Å². The normalized spacial score (nSPS) is 14.0. The van der Waals surface area contributed by atoms with Crippen molar-refractivity contribution < 1.29 is 18.8 Å². The molecule has 1 aromatic heterocycles. The number of anilines is 1. The number of piperazine rings is 1. The number of methoxy groups -OCH3 is 1. The largest absolute Gasteiger partial charge is 0.493 e. The number of carbonyl (C=O) groups excluding carboxylic acids is 1. The number of ether oxygens (including phenoxy) is 2. The highest BCUT2D eigenvalue weighted by Gasteiger charge is 2.21. The number of aryl methyl sites for hydroxylation is 3. The Bertz CT molecular complexity index is 1200. The lowest BCUT2D eigenvalue weighted by atomic mass is 10.1. The summed E-state index contributed by atoms with van der Waals surface area (Å²) in [6.45, 7) is 11.5. The maximum atomic E-state index is 12.8. The molecule has 0 radical (unpaired) electrons. The molecule has 4 rings (SSSR count). The highest BCUT2D eigenvalue weighted by atomic mass is 16.5. The van der Waals surface area contributed by atoms with E-state index in [1.54, 1.807) is 13.2 Å². The van der Waals surface area contributed by atoms with Crippen LogP contribution in [0.1, 0.15) is 33.7 Å². The Hall–Kier alpha value is -3.74. The number of benzene rings is 2. The second kappa shape index (κ2) is 10.7. The van der Waals surface area contributed by atoms with Gasteiger partial charge in [-0.3, -0.25) is 4.79 Å². The van der Waals surface area contributed by atoms with Crippen molar-refractivity contribution in [3.63, 3.8) is 0 Å². The van der Waals surface area contributed by atoms with E-state index in [4.69, 9.17) is 14.0 Å². The number of amides is 1. The third-order valence-electron chi connectivity index (χ3n) is 6.67. The first-order valence-corrected chi connectivity index (χ1v) is 11.9. The van der Waals surface area contributed by atoms with Crippen LogP contribution in [0.5, 0.6) is 11.5 Å². The predicted octanol–water partition coefficient (Wildman–Crippen LogP) is 4.86. The third kappa shape index (κ3) is 5.50. The van der Waals surface area contributed by atoms with Crippen molar-refractivity contribution in [2.24, 2.45) is 0 Å². The van der Waals surface area contributed by atoms with Crippen molar-refractivity contribution in [3.05, 3.63) is 76.2 Å². The molecule has 1 fully saturated rings. The number of hydrogen-bond donors (Lipinski definition) is 0. The van der Waals surface area contributed by atoms with Crippen LogP contribution in [-0.2, 0) is 11.4 Å². The first-order chi connectivity index (χ1) is 16.9. The summed E-state index contributed by atoms with van der Waals surface area (Å²) in [4.78, 5) is 17.1. The molecule has 2 aromatic carbocycles. The van der Waals surface area contributed by atoms with Gasteiger partial charge in [-0.25, -0.2) is 0 Å². The Kier molecular flexibility index (Phi) is 7.44. The third-order valence-corrected chi connectivity index (χ3v) is 6.67. The first kappa shape index (κ1) is 24.4. The van der Waals surface area contributed by atoms with Crippen LogP contribution in [0.4, 0.5) is 5.69 Å². The summed E-state index contributed by atoms with van der Waals surface area (Å²) in [6, 6.07) is 12.0.